The molecule has 0 saturated carbocycles. The molecule has 1 amide bonds. The molecular weight excluding hydrogens is 316 g/mol. The Hall–Kier alpha value is -2.69. The quantitative estimate of drug-likeness (QED) is 0.677. The van der Waals surface area contributed by atoms with Crippen molar-refractivity contribution in [2.45, 2.75) is 38.5 Å². The standard InChI is InChI=1S/C20H22N2O3/c1-20(2,3)17-9-8-14(11-18(17)22(24)25)19(23)21-12-15-10-13-6-4-5-7-16(13)15/h4-9,11,15H,10,12H2,1-3H3,(H,21,23)/t15-/m0/s1. The highest BCUT2D eigenvalue weighted by Crippen LogP contribution is 2.34. The summed E-state index contributed by atoms with van der Waals surface area (Å²) in [6, 6.07) is 12.9. The van der Waals surface area contributed by atoms with Crippen LogP contribution in [-0.4, -0.2) is 17.4 Å². The van der Waals surface area contributed by atoms with E-state index in [1.54, 1.807) is 12.1 Å². The molecule has 25 heavy (non-hydrogen) atoms. The summed E-state index contributed by atoms with van der Waals surface area (Å²) in [5.74, 6) is 0.0527. The van der Waals surface area contributed by atoms with Crippen molar-refractivity contribution in [3.8, 4) is 0 Å². The van der Waals surface area contributed by atoms with E-state index < -0.39 is 4.92 Å². The Morgan fingerprint density at radius 3 is 2.60 bits per heavy atom. The number of amides is 1. The van der Waals surface area contributed by atoms with Crippen LogP contribution >= 0.6 is 0 Å². The van der Waals surface area contributed by atoms with E-state index in [-0.39, 0.29) is 17.0 Å². The Labute approximate surface area is 147 Å². The predicted octanol–water partition coefficient (Wildman–Crippen LogP) is 3.96. The molecule has 5 heteroatoms. The molecule has 130 valence electrons. The lowest BCUT2D eigenvalue weighted by Gasteiger charge is -2.30. The van der Waals surface area contributed by atoms with Crippen molar-refractivity contribution in [3.05, 3.63) is 74.8 Å². The fraction of sp³-hybridized carbons (Fsp3) is 0.350. The average molecular weight is 338 g/mol. The highest BCUT2D eigenvalue weighted by molar-refractivity contribution is 5.95. The minimum atomic E-state index is -0.417. The fourth-order valence-electron chi connectivity index (χ4n) is 3.32. The molecule has 0 unspecified atom stereocenters. The van der Waals surface area contributed by atoms with Crippen LogP contribution in [-0.2, 0) is 11.8 Å². The second-order valence-electron chi connectivity index (χ2n) is 7.55. The van der Waals surface area contributed by atoms with Crippen molar-refractivity contribution >= 4 is 11.6 Å². The topological polar surface area (TPSA) is 72.2 Å². The lowest BCUT2D eigenvalue weighted by Crippen LogP contribution is -2.33. The first-order valence-corrected chi connectivity index (χ1v) is 8.42. The summed E-state index contributed by atoms with van der Waals surface area (Å²) < 4.78 is 0. The van der Waals surface area contributed by atoms with Gasteiger partial charge in [-0.05, 0) is 29.0 Å². The van der Waals surface area contributed by atoms with Crippen molar-refractivity contribution < 1.29 is 9.72 Å². The third kappa shape index (κ3) is 3.40. The van der Waals surface area contributed by atoms with Gasteiger partial charge < -0.3 is 5.32 Å². The van der Waals surface area contributed by atoms with Gasteiger partial charge in [-0.15, -0.1) is 0 Å². The van der Waals surface area contributed by atoms with E-state index in [0.717, 1.165) is 6.42 Å². The summed E-state index contributed by atoms with van der Waals surface area (Å²) in [6.45, 7) is 6.31. The fourth-order valence-corrected chi connectivity index (χ4v) is 3.32. The molecule has 0 bridgehead atoms. The first kappa shape index (κ1) is 17.1. The summed E-state index contributed by atoms with van der Waals surface area (Å²) >= 11 is 0. The van der Waals surface area contributed by atoms with Gasteiger partial charge in [0, 0.05) is 29.7 Å². The lowest BCUT2D eigenvalue weighted by atomic mass is 9.77. The van der Waals surface area contributed by atoms with Gasteiger partial charge >= 0.3 is 0 Å². The number of nitrogens with zero attached hydrogens (tertiary/aromatic N) is 1. The number of nitro groups is 1. The molecule has 0 saturated heterocycles. The average Bonchev–Trinajstić information content (AvgIpc) is 2.54. The molecule has 1 aliphatic carbocycles. The van der Waals surface area contributed by atoms with Gasteiger partial charge in [0.05, 0.1) is 4.92 Å². The van der Waals surface area contributed by atoms with E-state index in [4.69, 9.17) is 0 Å². The maximum Gasteiger partial charge on any atom is 0.273 e. The van der Waals surface area contributed by atoms with E-state index in [1.807, 2.05) is 32.9 Å². The van der Waals surface area contributed by atoms with Gasteiger partial charge in [-0.3, -0.25) is 14.9 Å². The molecular formula is C20H22N2O3. The summed E-state index contributed by atoms with van der Waals surface area (Å²) in [5, 5.41) is 14.3. The maximum atomic E-state index is 12.4. The Morgan fingerprint density at radius 2 is 1.96 bits per heavy atom. The molecule has 2 aromatic carbocycles. The zero-order valence-electron chi connectivity index (χ0n) is 14.7. The monoisotopic (exact) mass is 338 g/mol. The zero-order valence-corrected chi connectivity index (χ0v) is 14.7. The number of hydrogen-bond donors (Lipinski definition) is 1. The van der Waals surface area contributed by atoms with Crippen LogP contribution in [0, 0.1) is 10.1 Å². The molecule has 0 radical (unpaired) electrons. The molecule has 1 atom stereocenters. The minimum absolute atomic E-state index is 0.00543. The van der Waals surface area contributed by atoms with Crippen LogP contribution in [0.3, 0.4) is 0 Å². The molecule has 0 fully saturated rings. The van der Waals surface area contributed by atoms with E-state index >= 15 is 0 Å². The van der Waals surface area contributed by atoms with Gasteiger partial charge in [0.1, 0.15) is 0 Å². The molecule has 0 aliphatic heterocycles. The molecule has 1 N–H and O–H groups in total. The van der Waals surface area contributed by atoms with Crippen molar-refractivity contribution in [1.29, 1.82) is 0 Å². The Bertz CT molecular complexity index is 837. The third-order valence-electron chi connectivity index (χ3n) is 4.73. The van der Waals surface area contributed by atoms with Gasteiger partial charge in [0.25, 0.3) is 11.6 Å². The molecule has 2 aromatic rings. The minimum Gasteiger partial charge on any atom is -0.351 e. The number of benzene rings is 2. The Morgan fingerprint density at radius 1 is 1.24 bits per heavy atom. The van der Waals surface area contributed by atoms with Crippen LogP contribution in [0.4, 0.5) is 5.69 Å². The molecule has 0 spiro atoms. The van der Waals surface area contributed by atoms with Gasteiger partial charge in [-0.2, -0.15) is 0 Å². The van der Waals surface area contributed by atoms with Crippen LogP contribution in [0.25, 0.3) is 0 Å². The molecule has 3 rings (SSSR count). The number of rotatable bonds is 4. The first-order valence-electron chi connectivity index (χ1n) is 8.42. The number of nitrogens with one attached hydrogen (secondary N) is 1. The SMILES string of the molecule is CC(C)(C)c1ccc(C(=O)NC[C@@H]2Cc3ccccc32)cc1[N+](=O)[O-]. The van der Waals surface area contributed by atoms with Gasteiger partial charge in [0.15, 0.2) is 0 Å². The van der Waals surface area contributed by atoms with Crippen molar-refractivity contribution in [1.82, 2.24) is 5.32 Å². The smallest absolute Gasteiger partial charge is 0.273 e. The number of fused-ring (bicyclic) bond motifs is 1. The molecule has 5 nitrogen and oxygen atoms in total. The molecule has 0 heterocycles. The summed E-state index contributed by atoms with van der Waals surface area (Å²) in [6.07, 6.45) is 0.958. The molecule has 0 aromatic heterocycles. The van der Waals surface area contributed by atoms with Gasteiger partial charge in [-0.25, -0.2) is 0 Å². The third-order valence-corrected chi connectivity index (χ3v) is 4.73. The zero-order chi connectivity index (χ0) is 18.2. The van der Waals surface area contributed by atoms with Crippen LogP contribution in [0.1, 0.15) is 53.7 Å². The predicted molar refractivity (Wildman–Crippen MR) is 97.0 cm³/mol. The summed E-state index contributed by atoms with van der Waals surface area (Å²) in [5.41, 5.74) is 3.19. The highest BCUT2D eigenvalue weighted by Gasteiger charge is 2.28. The number of carbonyl (C=O) groups excluding carboxylic acids is 1. The summed E-state index contributed by atoms with van der Waals surface area (Å²) in [4.78, 5) is 23.4. The number of hydrogen-bond acceptors (Lipinski definition) is 3. The van der Waals surface area contributed by atoms with E-state index in [9.17, 15) is 14.9 Å². The first-order chi connectivity index (χ1) is 11.8. The van der Waals surface area contributed by atoms with E-state index in [0.29, 0.717) is 23.6 Å². The van der Waals surface area contributed by atoms with E-state index in [2.05, 4.69) is 17.4 Å². The lowest BCUT2D eigenvalue weighted by molar-refractivity contribution is -0.386. The van der Waals surface area contributed by atoms with Crippen LogP contribution in [0.5, 0.6) is 0 Å². The normalized spacial score (nSPS) is 15.9. The van der Waals surface area contributed by atoms with Crippen LogP contribution < -0.4 is 5.32 Å². The summed E-state index contributed by atoms with van der Waals surface area (Å²) in [7, 11) is 0. The van der Waals surface area contributed by atoms with Gasteiger partial charge in [-0.1, -0.05) is 51.1 Å². The van der Waals surface area contributed by atoms with Crippen LogP contribution in [0.2, 0.25) is 0 Å². The maximum absolute atomic E-state index is 12.4. The van der Waals surface area contributed by atoms with E-state index in [1.165, 1.54) is 17.2 Å². The molecule has 1 aliphatic rings. The second-order valence-corrected chi connectivity index (χ2v) is 7.55. The number of nitro benzene ring substituents is 1. The number of carbonyl (C=O) groups is 1. The highest BCUT2D eigenvalue weighted by atomic mass is 16.6. The second kappa shape index (κ2) is 6.31. The van der Waals surface area contributed by atoms with Crippen molar-refractivity contribution in [2.75, 3.05) is 6.54 Å². The van der Waals surface area contributed by atoms with Crippen LogP contribution in [0.15, 0.2) is 42.5 Å². The Kier molecular flexibility index (Phi) is 4.33. The van der Waals surface area contributed by atoms with Crippen molar-refractivity contribution in [2.24, 2.45) is 0 Å². The Balaban J connectivity index is 1.73. The van der Waals surface area contributed by atoms with Crippen molar-refractivity contribution in [3.63, 3.8) is 0 Å². The van der Waals surface area contributed by atoms with Gasteiger partial charge in [0.2, 0.25) is 0 Å². The largest absolute Gasteiger partial charge is 0.351 e.